The van der Waals surface area contributed by atoms with Crippen molar-refractivity contribution in [2.45, 2.75) is 19.9 Å². The summed E-state index contributed by atoms with van der Waals surface area (Å²) in [6.07, 6.45) is 1.40. The van der Waals surface area contributed by atoms with Crippen LogP contribution in [0.4, 0.5) is 0 Å². The zero-order valence-electron chi connectivity index (χ0n) is 17.1. The van der Waals surface area contributed by atoms with Gasteiger partial charge in [-0.2, -0.15) is 5.10 Å². The van der Waals surface area contributed by atoms with Gasteiger partial charge in [0, 0.05) is 10.0 Å². The van der Waals surface area contributed by atoms with Crippen molar-refractivity contribution >= 4 is 34.0 Å². The summed E-state index contributed by atoms with van der Waals surface area (Å²) in [6.45, 7) is 3.27. The van der Waals surface area contributed by atoms with E-state index < -0.39 is 17.9 Å². The molecule has 8 heteroatoms. The number of benzene rings is 2. The van der Waals surface area contributed by atoms with E-state index >= 15 is 0 Å². The average molecular weight is 484 g/mol. The Kier molecular flexibility index (Phi) is 7.61. The largest absolute Gasteiger partial charge is 0.484 e. The number of hydrazone groups is 1. The Morgan fingerprint density at radius 2 is 1.87 bits per heavy atom. The molecule has 2 aromatic carbocycles. The predicted octanol–water partition coefficient (Wildman–Crippen LogP) is 4.05. The third-order valence-corrected chi connectivity index (χ3v) is 4.87. The van der Waals surface area contributed by atoms with E-state index in [4.69, 9.17) is 9.15 Å². The van der Waals surface area contributed by atoms with Crippen LogP contribution in [0.5, 0.6) is 5.75 Å². The van der Waals surface area contributed by atoms with Crippen LogP contribution in [0.3, 0.4) is 0 Å². The number of carbonyl (C=O) groups is 2. The van der Waals surface area contributed by atoms with Crippen LogP contribution in [-0.2, 0) is 9.59 Å². The number of nitrogens with zero attached hydrogens (tertiary/aromatic N) is 1. The van der Waals surface area contributed by atoms with Gasteiger partial charge >= 0.3 is 0 Å². The minimum Gasteiger partial charge on any atom is -0.484 e. The number of halogens is 1. The van der Waals surface area contributed by atoms with E-state index in [9.17, 15) is 9.59 Å². The summed E-state index contributed by atoms with van der Waals surface area (Å²) in [5.41, 5.74) is 4.24. The molecule has 0 aliphatic heterocycles. The summed E-state index contributed by atoms with van der Waals surface area (Å²) < 4.78 is 12.2. The monoisotopic (exact) mass is 483 g/mol. The number of para-hydroxylation sites is 1. The summed E-state index contributed by atoms with van der Waals surface area (Å²) in [5.74, 6) is 0.941. The maximum Gasteiger partial charge on any atom is 0.262 e. The number of hydrogen-bond acceptors (Lipinski definition) is 5. The molecule has 1 atom stereocenters. The molecule has 3 rings (SSSR count). The first-order valence-electron chi connectivity index (χ1n) is 9.59. The van der Waals surface area contributed by atoms with Crippen LogP contribution in [0.1, 0.15) is 18.2 Å². The molecule has 1 aromatic heterocycles. The Balaban J connectivity index is 1.45. The van der Waals surface area contributed by atoms with Crippen molar-refractivity contribution in [2.75, 3.05) is 6.61 Å². The van der Waals surface area contributed by atoms with E-state index in [-0.39, 0.29) is 6.61 Å². The quantitative estimate of drug-likeness (QED) is 0.373. The van der Waals surface area contributed by atoms with Gasteiger partial charge < -0.3 is 14.5 Å². The van der Waals surface area contributed by atoms with Gasteiger partial charge in [0.15, 0.2) is 6.61 Å². The maximum absolute atomic E-state index is 12.1. The molecule has 7 nitrogen and oxygen atoms in total. The summed E-state index contributed by atoms with van der Waals surface area (Å²) >= 11 is 3.39. The Bertz CT molecular complexity index is 1080. The minimum atomic E-state index is -0.778. The highest BCUT2D eigenvalue weighted by atomic mass is 79.9. The van der Waals surface area contributed by atoms with Crippen molar-refractivity contribution in [3.8, 4) is 17.1 Å². The topological polar surface area (TPSA) is 92.9 Å². The number of nitrogens with one attached hydrogen (secondary N) is 2. The van der Waals surface area contributed by atoms with E-state index in [1.165, 1.54) is 6.21 Å². The van der Waals surface area contributed by atoms with Gasteiger partial charge in [-0.15, -0.1) is 0 Å². The third-order valence-electron chi connectivity index (χ3n) is 4.35. The third kappa shape index (κ3) is 6.55. The summed E-state index contributed by atoms with van der Waals surface area (Å²) in [6, 6.07) is 17.9. The van der Waals surface area contributed by atoms with Crippen molar-refractivity contribution in [1.82, 2.24) is 10.7 Å². The smallest absolute Gasteiger partial charge is 0.262 e. The van der Waals surface area contributed by atoms with Crippen molar-refractivity contribution in [2.24, 2.45) is 5.10 Å². The van der Waals surface area contributed by atoms with Gasteiger partial charge in [0.05, 0.1) is 6.21 Å². The van der Waals surface area contributed by atoms with Crippen molar-refractivity contribution < 1.29 is 18.7 Å². The highest BCUT2D eigenvalue weighted by molar-refractivity contribution is 9.10. The maximum atomic E-state index is 12.1. The Hall–Kier alpha value is -3.39. The predicted molar refractivity (Wildman–Crippen MR) is 122 cm³/mol. The van der Waals surface area contributed by atoms with Gasteiger partial charge in [0.25, 0.3) is 11.8 Å². The molecule has 1 heterocycles. The number of hydrogen-bond donors (Lipinski definition) is 2. The lowest BCUT2D eigenvalue weighted by molar-refractivity contribution is -0.129. The molecule has 31 heavy (non-hydrogen) atoms. The molecule has 2 amide bonds. The number of ether oxygens (including phenoxy) is 1. The fourth-order valence-electron chi connectivity index (χ4n) is 2.66. The first kappa shape index (κ1) is 22.3. The van der Waals surface area contributed by atoms with Crippen LogP contribution >= 0.6 is 15.9 Å². The van der Waals surface area contributed by atoms with Crippen LogP contribution in [0.25, 0.3) is 11.3 Å². The molecule has 0 aliphatic carbocycles. The fourth-order valence-corrected chi connectivity index (χ4v) is 2.92. The molecule has 0 radical (unpaired) electrons. The Labute approximate surface area is 188 Å². The second-order valence-corrected chi connectivity index (χ2v) is 7.70. The van der Waals surface area contributed by atoms with Crippen LogP contribution in [0.15, 0.2) is 74.7 Å². The first-order chi connectivity index (χ1) is 14.9. The molecular formula is C23H22BrN3O4. The van der Waals surface area contributed by atoms with Gasteiger partial charge in [0.2, 0.25) is 0 Å². The summed E-state index contributed by atoms with van der Waals surface area (Å²) in [4.78, 5) is 24.2. The molecule has 0 saturated heterocycles. The lowest BCUT2D eigenvalue weighted by Gasteiger charge is -2.13. The first-order valence-corrected chi connectivity index (χ1v) is 10.4. The van der Waals surface area contributed by atoms with E-state index in [0.29, 0.717) is 17.3 Å². The lowest BCUT2D eigenvalue weighted by Crippen LogP contribution is -2.45. The molecule has 0 spiro atoms. The van der Waals surface area contributed by atoms with Crippen LogP contribution in [0, 0.1) is 6.92 Å². The number of aryl methyl sites for hydroxylation is 1. The molecule has 0 saturated carbocycles. The van der Waals surface area contributed by atoms with E-state index in [1.54, 1.807) is 19.1 Å². The van der Waals surface area contributed by atoms with E-state index in [2.05, 4.69) is 31.8 Å². The normalized spacial score (nSPS) is 11.8. The molecule has 160 valence electrons. The molecular weight excluding hydrogens is 462 g/mol. The lowest BCUT2D eigenvalue weighted by atomic mass is 10.2. The van der Waals surface area contributed by atoms with Crippen LogP contribution in [0.2, 0.25) is 0 Å². The van der Waals surface area contributed by atoms with Crippen LogP contribution < -0.4 is 15.5 Å². The van der Waals surface area contributed by atoms with Crippen molar-refractivity contribution in [3.05, 3.63) is 76.5 Å². The molecule has 0 unspecified atom stereocenters. The molecule has 3 aromatic rings. The highest BCUT2D eigenvalue weighted by Gasteiger charge is 2.15. The van der Waals surface area contributed by atoms with Gasteiger partial charge in [-0.3, -0.25) is 9.59 Å². The van der Waals surface area contributed by atoms with Crippen molar-refractivity contribution in [3.63, 3.8) is 0 Å². The number of rotatable bonds is 8. The zero-order chi connectivity index (χ0) is 22.2. The van der Waals surface area contributed by atoms with Gasteiger partial charge in [-0.25, -0.2) is 5.43 Å². The molecule has 0 fully saturated rings. The minimum absolute atomic E-state index is 0.184. The van der Waals surface area contributed by atoms with Gasteiger partial charge in [-0.1, -0.05) is 46.3 Å². The highest BCUT2D eigenvalue weighted by Crippen LogP contribution is 2.23. The van der Waals surface area contributed by atoms with E-state index in [1.807, 2.05) is 55.5 Å². The molecule has 2 N–H and O–H groups in total. The Morgan fingerprint density at radius 1 is 1.13 bits per heavy atom. The Morgan fingerprint density at radius 3 is 2.61 bits per heavy atom. The zero-order valence-corrected chi connectivity index (χ0v) is 18.7. The average Bonchev–Trinajstić information content (AvgIpc) is 3.22. The second kappa shape index (κ2) is 10.6. The van der Waals surface area contributed by atoms with Gasteiger partial charge in [-0.05, 0) is 49.7 Å². The molecule has 0 aliphatic rings. The van der Waals surface area contributed by atoms with Crippen LogP contribution in [-0.4, -0.2) is 30.7 Å². The summed E-state index contributed by atoms with van der Waals surface area (Å²) in [7, 11) is 0. The fraction of sp³-hybridized carbons (Fsp3) is 0.174. The molecule has 0 bridgehead atoms. The summed E-state index contributed by atoms with van der Waals surface area (Å²) in [5, 5.41) is 6.46. The number of furan rings is 1. The standard InChI is InChI=1S/C23H22BrN3O4/c1-15-5-3-4-6-20(15)30-14-22(28)26-16(2)23(29)27-25-13-19-11-12-21(31-19)17-7-9-18(24)10-8-17/h3-13,16H,14H2,1-2H3,(H,26,28)(H,27,29)/b25-13-/t16-/m0/s1. The van der Waals surface area contributed by atoms with E-state index in [0.717, 1.165) is 15.6 Å². The second-order valence-electron chi connectivity index (χ2n) is 6.79. The number of amides is 2. The number of carbonyl (C=O) groups excluding carboxylic acids is 2. The van der Waals surface area contributed by atoms with Gasteiger partial charge in [0.1, 0.15) is 23.3 Å². The van der Waals surface area contributed by atoms with Crippen molar-refractivity contribution in [1.29, 1.82) is 0 Å². The SMILES string of the molecule is Cc1ccccc1OCC(=O)N[C@@H](C)C(=O)N/N=C\c1ccc(-c2ccc(Br)cc2)o1.